The third-order valence-electron chi connectivity index (χ3n) is 2.82. The van der Waals surface area contributed by atoms with Gasteiger partial charge in [0.15, 0.2) is 0 Å². The van der Waals surface area contributed by atoms with Crippen LogP contribution in [0, 0.1) is 5.92 Å². The number of halogens is 3. The van der Waals surface area contributed by atoms with Gasteiger partial charge in [0, 0.05) is 11.8 Å². The highest BCUT2D eigenvalue weighted by Crippen LogP contribution is 2.23. The molecule has 1 rings (SSSR count). The van der Waals surface area contributed by atoms with Gasteiger partial charge in [-0.2, -0.15) is 11.8 Å². The normalized spacial score (nSPS) is 13.5. The van der Waals surface area contributed by atoms with Crippen molar-refractivity contribution in [2.45, 2.75) is 32.7 Å². The van der Waals surface area contributed by atoms with E-state index in [2.05, 4.69) is 23.9 Å². The molecule has 1 unspecified atom stereocenters. The first-order chi connectivity index (χ1) is 9.80. The topological polar surface area (TPSA) is 21.3 Å². The summed E-state index contributed by atoms with van der Waals surface area (Å²) in [4.78, 5) is 0. The number of thioether (sulfide) groups is 1. The van der Waals surface area contributed by atoms with E-state index in [4.69, 9.17) is 0 Å². The lowest BCUT2D eigenvalue weighted by atomic mass is 10.1. The Morgan fingerprint density at radius 2 is 1.76 bits per heavy atom. The summed E-state index contributed by atoms with van der Waals surface area (Å²) in [5.74, 6) is 2.57. The second kappa shape index (κ2) is 8.54. The van der Waals surface area contributed by atoms with E-state index in [0.29, 0.717) is 12.0 Å². The highest BCUT2D eigenvalue weighted by molar-refractivity contribution is 7.99. The number of rotatable bonds is 8. The molecule has 0 aliphatic heterocycles. The van der Waals surface area contributed by atoms with Gasteiger partial charge in [0.05, 0.1) is 0 Å². The van der Waals surface area contributed by atoms with Crippen LogP contribution >= 0.6 is 11.8 Å². The van der Waals surface area contributed by atoms with Gasteiger partial charge in [-0.25, -0.2) is 0 Å². The molecule has 0 heterocycles. The van der Waals surface area contributed by atoms with Gasteiger partial charge in [-0.05, 0) is 42.8 Å². The molecule has 1 atom stereocenters. The molecule has 21 heavy (non-hydrogen) atoms. The summed E-state index contributed by atoms with van der Waals surface area (Å²) in [6.45, 7) is 4.36. The molecule has 0 aliphatic rings. The number of likely N-dealkylation sites (N-methyl/N-ethyl adjacent to an activating group) is 1. The number of alkyl halides is 3. The van der Waals surface area contributed by atoms with E-state index in [0.717, 1.165) is 23.5 Å². The molecule has 120 valence electrons. The Morgan fingerprint density at radius 3 is 2.24 bits per heavy atom. The quantitative estimate of drug-likeness (QED) is 0.779. The Balaban J connectivity index is 2.49. The Morgan fingerprint density at radius 1 is 1.14 bits per heavy atom. The molecule has 0 amide bonds. The highest BCUT2D eigenvalue weighted by Gasteiger charge is 2.30. The van der Waals surface area contributed by atoms with Crippen molar-refractivity contribution in [2.75, 3.05) is 18.6 Å². The van der Waals surface area contributed by atoms with Crippen molar-refractivity contribution in [3.05, 3.63) is 29.8 Å². The molecule has 1 aromatic carbocycles. The summed E-state index contributed by atoms with van der Waals surface area (Å²) in [6.07, 6.45) is -3.85. The van der Waals surface area contributed by atoms with Gasteiger partial charge in [0.1, 0.15) is 5.75 Å². The van der Waals surface area contributed by atoms with Gasteiger partial charge in [-0.1, -0.05) is 26.0 Å². The predicted molar refractivity (Wildman–Crippen MR) is 81.8 cm³/mol. The van der Waals surface area contributed by atoms with Gasteiger partial charge in [0.25, 0.3) is 0 Å². The van der Waals surface area contributed by atoms with Crippen molar-refractivity contribution in [1.82, 2.24) is 5.32 Å². The number of benzene rings is 1. The molecule has 1 aromatic rings. The molecule has 0 aromatic heterocycles. The second-order valence-corrected chi connectivity index (χ2v) is 6.39. The van der Waals surface area contributed by atoms with Gasteiger partial charge in [-0.3, -0.25) is 0 Å². The number of hydrogen-bond donors (Lipinski definition) is 1. The highest BCUT2D eigenvalue weighted by atomic mass is 32.2. The van der Waals surface area contributed by atoms with Crippen LogP contribution in [0.25, 0.3) is 0 Å². The minimum Gasteiger partial charge on any atom is -0.406 e. The Labute approximate surface area is 128 Å². The average Bonchev–Trinajstić information content (AvgIpc) is 2.37. The summed E-state index contributed by atoms with van der Waals surface area (Å²) < 4.78 is 40.1. The molecule has 0 fully saturated rings. The molecular formula is C15H22F3NOS. The van der Waals surface area contributed by atoms with Crippen LogP contribution < -0.4 is 10.1 Å². The first kappa shape index (κ1) is 18.2. The van der Waals surface area contributed by atoms with E-state index in [9.17, 15) is 13.2 Å². The molecule has 0 saturated carbocycles. The van der Waals surface area contributed by atoms with Gasteiger partial charge in [-0.15, -0.1) is 13.2 Å². The van der Waals surface area contributed by atoms with E-state index in [1.165, 1.54) is 12.1 Å². The van der Waals surface area contributed by atoms with Crippen LogP contribution in [-0.4, -0.2) is 31.0 Å². The third kappa shape index (κ3) is 8.21. The molecule has 0 aliphatic carbocycles. The zero-order valence-electron chi connectivity index (χ0n) is 12.5. The fourth-order valence-electron chi connectivity index (χ4n) is 1.80. The number of nitrogens with one attached hydrogen (secondary N) is 1. The van der Waals surface area contributed by atoms with Gasteiger partial charge in [0.2, 0.25) is 0 Å². The van der Waals surface area contributed by atoms with Crippen molar-refractivity contribution in [1.29, 1.82) is 0 Å². The zero-order chi connectivity index (χ0) is 15.9. The fraction of sp³-hybridized carbons (Fsp3) is 0.600. The van der Waals surface area contributed by atoms with Crippen molar-refractivity contribution in [3.63, 3.8) is 0 Å². The average molecular weight is 321 g/mol. The lowest BCUT2D eigenvalue weighted by Crippen LogP contribution is -2.30. The first-order valence-corrected chi connectivity index (χ1v) is 8.05. The fourth-order valence-corrected chi connectivity index (χ4v) is 2.98. The Kier molecular flexibility index (Phi) is 7.39. The second-order valence-electron chi connectivity index (χ2n) is 5.31. The minimum absolute atomic E-state index is 0.179. The summed E-state index contributed by atoms with van der Waals surface area (Å²) in [5, 5.41) is 3.25. The summed E-state index contributed by atoms with van der Waals surface area (Å²) in [6, 6.07) is 6.38. The summed E-state index contributed by atoms with van der Waals surface area (Å²) in [7, 11) is 1.90. The molecular weight excluding hydrogens is 299 g/mol. The number of hydrogen-bond acceptors (Lipinski definition) is 3. The van der Waals surface area contributed by atoms with Crippen molar-refractivity contribution < 1.29 is 17.9 Å². The lowest BCUT2D eigenvalue weighted by Gasteiger charge is -2.17. The maximum Gasteiger partial charge on any atom is 0.573 e. The van der Waals surface area contributed by atoms with Crippen LogP contribution in [-0.2, 0) is 6.42 Å². The summed E-state index contributed by atoms with van der Waals surface area (Å²) in [5.41, 5.74) is 0.994. The summed E-state index contributed by atoms with van der Waals surface area (Å²) >= 11 is 1.89. The van der Waals surface area contributed by atoms with Gasteiger partial charge >= 0.3 is 6.36 Å². The monoisotopic (exact) mass is 321 g/mol. The molecule has 6 heteroatoms. The largest absolute Gasteiger partial charge is 0.573 e. The van der Waals surface area contributed by atoms with E-state index < -0.39 is 6.36 Å². The van der Waals surface area contributed by atoms with Crippen molar-refractivity contribution in [3.8, 4) is 5.75 Å². The SMILES string of the molecule is CNC(CSCC(C)C)Cc1ccc(OC(F)(F)F)cc1. The zero-order valence-corrected chi connectivity index (χ0v) is 13.4. The van der Waals surface area contributed by atoms with Crippen LogP contribution in [0.1, 0.15) is 19.4 Å². The minimum atomic E-state index is -4.64. The molecule has 0 bridgehead atoms. The van der Waals surface area contributed by atoms with Crippen LogP contribution in [0.15, 0.2) is 24.3 Å². The van der Waals surface area contributed by atoms with E-state index in [1.54, 1.807) is 12.1 Å². The van der Waals surface area contributed by atoms with Crippen LogP contribution in [0.4, 0.5) is 13.2 Å². The standard InChI is InChI=1S/C15H22F3NOS/c1-11(2)9-21-10-13(19-3)8-12-4-6-14(7-5-12)20-15(16,17)18/h4-7,11,13,19H,8-10H2,1-3H3. The molecule has 0 radical (unpaired) electrons. The maximum atomic E-state index is 12.1. The van der Waals surface area contributed by atoms with Gasteiger partial charge < -0.3 is 10.1 Å². The van der Waals surface area contributed by atoms with Crippen LogP contribution in [0.2, 0.25) is 0 Å². The van der Waals surface area contributed by atoms with Crippen LogP contribution in [0.5, 0.6) is 5.75 Å². The molecule has 2 nitrogen and oxygen atoms in total. The maximum absolute atomic E-state index is 12.1. The molecule has 1 N–H and O–H groups in total. The van der Waals surface area contributed by atoms with Crippen molar-refractivity contribution in [2.24, 2.45) is 5.92 Å². The Hall–Kier alpha value is -0.880. The predicted octanol–water partition coefficient (Wildman–Crippen LogP) is 4.10. The van der Waals surface area contributed by atoms with Crippen molar-refractivity contribution >= 4 is 11.8 Å². The molecule has 0 spiro atoms. The van der Waals surface area contributed by atoms with Crippen LogP contribution in [0.3, 0.4) is 0 Å². The Bertz CT molecular complexity index is 406. The van der Waals surface area contributed by atoms with E-state index in [1.807, 2.05) is 18.8 Å². The smallest absolute Gasteiger partial charge is 0.406 e. The third-order valence-corrected chi connectivity index (χ3v) is 4.36. The first-order valence-electron chi connectivity index (χ1n) is 6.90. The van der Waals surface area contributed by atoms with E-state index >= 15 is 0 Å². The lowest BCUT2D eigenvalue weighted by molar-refractivity contribution is -0.274. The van der Waals surface area contributed by atoms with E-state index in [-0.39, 0.29) is 5.75 Å². The number of ether oxygens (including phenoxy) is 1. The molecule has 0 saturated heterocycles.